The van der Waals surface area contributed by atoms with Crippen molar-refractivity contribution in [1.82, 2.24) is 14.8 Å². The van der Waals surface area contributed by atoms with Crippen molar-refractivity contribution in [3.8, 4) is 17.1 Å². The minimum Gasteiger partial charge on any atom is -0.298 e. The van der Waals surface area contributed by atoms with Crippen molar-refractivity contribution in [2.45, 2.75) is 13.3 Å². The fraction of sp³-hybridized carbons (Fsp3) is 0.118. The summed E-state index contributed by atoms with van der Waals surface area (Å²) in [5.74, 6) is 0.692. The van der Waals surface area contributed by atoms with Gasteiger partial charge in [0.1, 0.15) is 5.69 Å². The Hall–Kier alpha value is -2.75. The van der Waals surface area contributed by atoms with Crippen LogP contribution >= 0.6 is 0 Å². The van der Waals surface area contributed by atoms with Gasteiger partial charge in [0.25, 0.3) is 0 Å². The van der Waals surface area contributed by atoms with Crippen molar-refractivity contribution in [3.05, 3.63) is 66.0 Å². The Labute approximate surface area is 123 Å². The number of carbonyl (C=O) groups is 1. The minimum absolute atomic E-state index is 0.560. The Morgan fingerprint density at radius 3 is 2.57 bits per heavy atom. The fourth-order valence-corrected chi connectivity index (χ4v) is 2.20. The lowest BCUT2D eigenvalue weighted by molar-refractivity contribution is 0.112. The van der Waals surface area contributed by atoms with Crippen LogP contribution in [0.3, 0.4) is 0 Å². The SMILES string of the molecule is CCc1ccc(-c2nn(-c3ccccn3)cc2C=O)cc1. The van der Waals surface area contributed by atoms with Gasteiger partial charge in [-0.15, -0.1) is 0 Å². The molecule has 0 spiro atoms. The summed E-state index contributed by atoms with van der Waals surface area (Å²) >= 11 is 0. The van der Waals surface area contributed by atoms with Crippen LogP contribution in [-0.4, -0.2) is 21.1 Å². The molecule has 0 amide bonds. The molecule has 0 aliphatic heterocycles. The van der Waals surface area contributed by atoms with E-state index in [1.165, 1.54) is 5.56 Å². The molecule has 4 nitrogen and oxygen atoms in total. The van der Waals surface area contributed by atoms with Crippen molar-refractivity contribution in [2.24, 2.45) is 0 Å². The standard InChI is InChI=1S/C17H15N3O/c1-2-13-6-8-14(9-7-13)17-15(12-21)11-20(19-17)16-5-3-4-10-18-16/h3-12H,2H2,1H3. The van der Waals surface area contributed by atoms with Crippen LogP contribution in [0.1, 0.15) is 22.8 Å². The van der Waals surface area contributed by atoms with Crippen molar-refractivity contribution in [3.63, 3.8) is 0 Å². The molecule has 4 heteroatoms. The first-order valence-electron chi connectivity index (χ1n) is 6.87. The minimum atomic E-state index is 0.560. The van der Waals surface area contributed by atoms with Crippen LogP contribution in [-0.2, 0) is 6.42 Å². The molecule has 2 aromatic heterocycles. The number of aldehydes is 1. The number of aromatic nitrogens is 3. The summed E-state index contributed by atoms with van der Waals surface area (Å²) in [5.41, 5.74) is 3.43. The van der Waals surface area contributed by atoms with Gasteiger partial charge in [-0.05, 0) is 24.1 Å². The van der Waals surface area contributed by atoms with Crippen LogP contribution in [0.2, 0.25) is 0 Å². The lowest BCUT2D eigenvalue weighted by Gasteiger charge is -2.01. The molecule has 104 valence electrons. The van der Waals surface area contributed by atoms with Gasteiger partial charge in [0, 0.05) is 18.0 Å². The van der Waals surface area contributed by atoms with Gasteiger partial charge in [-0.3, -0.25) is 4.79 Å². The Bertz CT molecular complexity index is 745. The second-order valence-corrected chi connectivity index (χ2v) is 4.73. The van der Waals surface area contributed by atoms with Crippen molar-refractivity contribution in [2.75, 3.05) is 0 Å². The van der Waals surface area contributed by atoms with Gasteiger partial charge >= 0.3 is 0 Å². The number of carbonyl (C=O) groups excluding carboxylic acids is 1. The molecule has 3 aromatic rings. The quantitative estimate of drug-likeness (QED) is 0.687. The van der Waals surface area contributed by atoms with Gasteiger partial charge in [-0.2, -0.15) is 5.10 Å². The van der Waals surface area contributed by atoms with Gasteiger partial charge in [0.05, 0.1) is 5.56 Å². The number of hydrogen-bond acceptors (Lipinski definition) is 3. The average molecular weight is 277 g/mol. The predicted molar refractivity (Wildman–Crippen MR) is 81.6 cm³/mol. The van der Waals surface area contributed by atoms with Gasteiger partial charge in [0.15, 0.2) is 12.1 Å². The van der Waals surface area contributed by atoms with E-state index >= 15 is 0 Å². The highest BCUT2D eigenvalue weighted by Gasteiger charge is 2.12. The van der Waals surface area contributed by atoms with E-state index in [9.17, 15) is 4.79 Å². The van der Waals surface area contributed by atoms with E-state index < -0.39 is 0 Å². The highest BCUT2D eigenvalue weighted by molar-refractivity contribution is 5.85. The Morgan fingerprint density at radius 2 is 1.95 bits per heavy atom. The van der Waals surface area contributed by atoms with Crippen molar-refractivity contribution >= 4 is 6.29 Å². The summed E-state index contributed by atoms with van der Waals surface area (Å²) < 4.78 is 1.63. The predicted octanol–water partition coefficient (Wildman–Crippen LogP) is 3.31. The van der Waals surface area contributed by atoms with Crippen LogP contribution in [0.15, 0.2) is 54.9 Å². The molecular weight excluding hydrogens is 262 g/mol. The number of nitrogens with zero attached hydrogens (tertiary/aromatic N) is 3. The molecule has 0 radical (unpaired) electrons. The van der Waals surface area contributed by atoms with Crippen molar-refractivity contribution in [1.29, 1.82) is 0 Å². The summed E-state index contributed by atoms with van der Waals surface area (Å²) in [4.78, 5) is 15.5. The normalized spacial score (nSPS) is 10.5. The first-order chi connectivity index (χ1) is 10.3. The Morgan fingerprint density at radius 1 is 1.14 bits per heavy atom. The van der Waals surface area contributed by atoms with Crippen LogP contribution in [0.5, 0.6) is 0 Å². The molecule has 3 rings (SSSR count). The average Bonchev–Trinajstić information content (AvgIpc) is 3.00. The van der Waals surface area contributed by atoms with Gasteiger partial charge < -0.3 is 0 Å². The number of rotatable bonds is 4. The third kappa shape index (κ3) is 2.60. The molecule has 0 atom stereocenters. The van der Waals surface area contributed by atoms with Crippen molar-refractivity contribution < 1.29 is 4.79 Å². The topological polar surface area (TPSA) is 47.8 Å². The molecule has 0 aliphatic rings. The highest BCUT2D eigenvalue weighted by Crippen LogP contribution is 2.22. The van der Waals surface area contributed by atoms with Gasteiger partial charge in [0.2, 0.25) is 0 Å². The van der Waals surface area contributed by atoms with E-state index in [-0.39, 0.29) is 0 Å². The van der Waals surface area contributed by atoms with Crippen LogP contribution in [0, 0.1) is 0 Å². The van der Waals surface area contributed by atoms with E-state index in [0.29, 0.717) is 17.1 Å². The third-order valence-electron chi connectivity index (χ3n) is 3.39. The number of hydrogen-bond donors (Lipinski definition) is 0. The molecule has 0 fully saturated rings. The van der Waals surface area contributed by atoms with Gasteiger partial charge in [-0.1, -0.05) is 37.3 Å². The second kappa shape index (κ2) is 5.71. The largest absolute Gasteiger partial charge is 0.298 e. The maximum absolute atomic E-state index is 11.3. The molecule has 2 heterocycles. The maximum Gasteiger partial charge on any atom is 0.153 e. The smallest absolute Gasteiger partial charge is 0.153 e. The summed E-state index contributed by atoms with van der Waals surface area (Å²) in [6.45, 7) is 2.11. The maximum atomic E-state index is 11.3. The number of aryl methyl sites for hydroxylation is 1. The van der Waals surface area contributed by atoms with E-state index in [1.807, 2.05) is 30.3 Å². The van der Waals surface area contributed by atoms with E-state index in [4.69, 9.17) is 0 Å². The van der Waals surface area contributed by atoms with Crippen LogP contribution < -0.4 is 0 Å². The lowest BCUT2D eigenvalue weighted by Crippen LogP contribution is -1.97. The second-order valence-electron chi connectivity index (χ2n) is 4.73. The summed E-state index contributed by atoms with van der Waals surface area (Å²) in [5, 5.41) is 4.50. The summed E-state index contributed by atoms with van der Waals surface area (Å²) in [7, 11) is 0. The summed E-state index contributed by atoms with van der Waals surface area (Å²) in [6.07, 6.45) is 5.23. The number of benzene rings is 1. The van der Waals surface area contributed by atoms with Crippen LogP contribution in [0.4, 0.5) is 0 Å². The molecule has 0 unspecified atom stereocenters. The lowest BCUT2D eigenvalue weighted by atomic mass is 10.1. The molecule has 0 aliphatic carbocycles. The molecule has 0 N–H and O–H groups in total. The zero-order valence-electron chi connectivity index (χ0n) is 11.7. The third-order valence-corrected chi connectivity index (χ3v) is 3.39. The zero-order chi connectivity index (χ0) is 14.7. The first kappa shape index (κ1) is 13.2. The van der Waals surface area contributed by atoms with Gasteiger partial charge in [-0.25, -0.2) is 9.67 Å². The summed E-state index contributed by atoms with van der Waals surface area (Å²) in [6, 6.07) is 13.7. The van der Waals surface area contributed by atoms with E-state index in [2.05, 4.69) is 29.1 Å². The zero-order valence-corrected chi connectivity index (χ0v) is 11.7. The van der Waals surface area contributed by atoms with E-state index in [1.54, 1.807) is 17.1 Å². The molecule has 1 aromatic carbocycles. The number of pyridine rings is 1. The van der Waals surface area contributed by atoms with Crippen LogP contribution in [0.25, 0.3) is 17.1 Å². The molecule has 0 bridgehead atoms. The Kier molecular flexibility index (Phi) is 3.60. The fourth-order valence-electron chi connectivity index (χ4n) is 2.20. The Balaban J connectivity index is 2.05. The molecule has 21 heavy (non-hydrogen) atoms. The monoisotopic (exact) mass is 277 g/mol. The molecule has 0 saturated heterocycles. The highest BCUT2D eigenvalue weighted by atomic mass is 16.1. The van der Waals surface area contributed by atoms with E-state index in [0.717, 1.165) is 18.3 Å². The molecular formula is C17H15N3O. The molecule has 0 saturated carbocycles. The first-order valence-corrected chi connectivity index (χ1v) is 6.87.